The molecule has 3 fully saturated rings. The molecule has 3 aromatic rings. The molecule has 0 bridgehead atoms. The highest BCUT2D eigenvalue weighted by Crippen LogP contribution is 2.43. The lowest BCUT2D eigenvalue weighted by Gasteiger charge is -2.41. The van der Waals surface area contributed by atoms with Gasteiger partial charge in [0.25, 0.3) is 0 Å². The number of nitrogens with zero attached hydrogens (tertiary/aromatic N) is 8. The second-order valence-electron chi connectivity index (χ2n) is 13.6. The third kappa shape index (κ3) is 6.26. The first kappa shape index (κ1) is 31.7. The lowest BCUT2D eigenvalue weighted by molar-refractivity contribution is 0.0449. The van der Waals surface area contributed by atoms with Crippen LogP contribution in [0.3, 0.4) is 0 Å². The average Bonchev–Trinajstić information content (AvgIpc) is 3.88. The van der Waals surface area contributed by atoms with E-state index < -0.39 is 12.1 Å². The molecule has 7 rings (SSSR count). The zero-order chi connectivity index (χ0) is 32.7. The molecule has 0 spiro atoms. The van der Waals surface area contributed by atoms with Crippen molar-refractivity contribution in [3.05, 3.63) is 52.7 Å². The van der Waals surface area contributed by atoms with E-state index in [1.807, 2.05) is 12.1 Å². The van der Waals surface area contributed by atoms with Gasteiger partial charge in [-0.1, -0.05) is 35.9 Å². The number of carboxylic acid groups (broad SMARTS) is 1. The van der Waals surface area contributed by atoms with E-state index in [-0.39, 0.29) is 12.0 Å². The van der Waals surface area contributed by atoms with Crippen LogP contribution in [0, 0.1) is 11.3 Å². The van der Waals surface area contributed by atoms with Crippen LogP contribution in [0.4, 0.5) is 16.3 Å². The van der Waals surface area contributed by atoms with Crippen molar-refractivity contribution in [1.82, 2.24) is 24.7 Å². The van der Waals surface area contributed by atoms with Gasteiger partial charge in [-0.05, 0) is 50.6 Å². The SMILES string of the molecule is CC(C)N1CCN(C2(COc3nc4c(c(N5CCN(C(=O)O)C(CC#N)C5)n3)CCN(c3cccc5cccc(Cl)c35)C4)CC2)CC1. The maximum absolute atomic E-state index is 12.0. The number of hydrogen-bond donors (Lipinski definition) is 1. The van der Waals surface area contributed by atoms with Crippen molar-refractivity contribution in [2.45, 2.75) is 63.7 Å². The van der Waals surface area contributed by atoms with E-state index in [0.717, 1.165) is 90.5 Å². The molecule has 1 unspecified atom stereocenters. The minimum absolute atomic E-state index is 0.0270. The van der Waals surface area contributed by atoms with Crippen LogP contribution in [-0.4, -0.2) is 112 Å². The van der Waals surface area contributed by atoms with Crippen LogP contribution in [-0.2, 0) is 13.0 Å². The Balaban J connectivity index is 1.18. The Labute approximate surface area is 281 Å². The highest BCUT2D eigenvalue weighted by Gasteiger charge is 2.49. The number of hydrogen-bond acceptors (Lipinski definition) is 9. The quantitative estimate of drug-likeness (QED) is 0.360. The summed E-state index contributed by atoms with van der Waals surface area (Å²) in [6, 6.07) is 14.9. The normalized spacial score (nSPS) is 21.5. The number of anilines is 2. The summed E-state index contributed by atoms with van der Waals surface area (Å²) in [7, 11) is 0. The van der Waals surface area contributed by atoms with Crippen LogP contribution in [0.25, 0.3) is 10.8 Å². The summed E-state index contributed by atoms with van der Waals surface area (Å²) in [5.74, 6) is 0.795. The Hall–Kier alpha value is -3.85. The fraction of sp³-hybridized carbons (Fsp3) is 0.543. The summed E-state index contributed by atoms with van der Waals surface area (Å²) in [5.41, 5.74) is 3.07. The number of carbonyl (C=O) groups is 1. The molecule has 1 saturated carbocycles. The molecule has 1 atom stereocenters. The van der Waals surface area contributed by atoms with E-state index in [2.05, 4.69) is 63.8 Å². The van der Waals surface area contributed by atoms with Crippen molar-refractivity contribution >= 4 is 40.0 Å². The summed E-state index contributed by atoms with van der Waals surface area (Å²) in [4.78, 5) is 33.0. The van der Waals surface area contributed by atoms with Crippen molar-refractivity contribution < 1.29 is 14.6 Å². The Kier molecular flexibility index (Phi) is 8.76. The van der Waals surface area contributed by atoms with Crippen LogP contribution in [0.1, 0.15) is 44.4 Å². The Bertz CT molecular complexity index is 1680. The molecule has 2 aromatic carbocycles. The van der Waals surface area contributed by atoms with Gasteiger partial charge in [0.2, 0.25) is 0 Å². The van der Waals surface area contributed by atoms with Gasteiger partial charge < -0.3 is 24.5 Å². The number of halogens is 1. The van der Waals surface area contributed by atoms with E-state index in [9.17, 15) is 15.2 Å². The number of amides is 1. The van der Waals surface area contributed by atoms with E-state index in [0.29, 0.717) is 44.8 Å². The molecule has 1 amide bonds. The number of rotatable bonds is 8. The van der Waals surface area contributed by atoms with Crippen LogP contribution in [0.15, 0.2) is 36.4 Å². The molecule has 248 valence electrons. The largest absolute Gasteiger partial charge is 0.465 e. The standard InChI is InChI=1S/C35H43ClN8O3/c1-24(2)40-15-18-43(19-16-40)35(11-12-35)23-47-33-38-29-22-41(30-8-4-6-25-5-3-7-28(36)31(25)30)14-10-27(29)32(39-33)42-17-20-44(34(45)46)26(21-42)9-13-37/h3-8,24,26H,9-12,14-23H2,1-2H3,(H,45,46). The van der Waals surface area contributed by atoms with Gasteiger partial charge >= 0.3 is 12.1 Å². The highest BCUT2D eigenvalue weighted by molar-refractivity contribution is 6.36. The van der Waals surface area contributed by atoms with Gasteiger partial charge in [-0.2, -0.15) is 15.2 Å². The molecule has 12 heteroatoms. The van der Waals surface area contributed by atoms with Gasteiger partial charge in [-0.25, -0.2) is 4.79 Å². The molecule has 4 aliphatic rings. The second kappa shape index (κ2) is 13.0. The lowest BCUT2D eigenvalue weighted by atomic mass is 10.0. The zero-order valence-electron chi connectivity index (χ0n) is 27.2. The highest BCUT2D eigenvalue weighted by atomic mass is 35.5. The number of aromatic nitrogens is 2. The van der Waals surface area contributed by atoms with Crippen molar-refractivity contribution in [3.63, 3.8) is 0 Å². The van der Waals surface area contributed by atoms with Gasteiger partial charge in [-0.15, -0.1) is 0 Å². The monoisotopic (exact) mass is 658 g/mol. The molecule has 2 saturated heterocycles. The third-order valence-electron chi connectivity index (χ3n) is 10.6. The van der Waals surface area contributed by atoms with Gasteiger partial charge in [0, 0.05) is 75.0 Å². The van der Waals surface area contributed by atoms with Crippen molar-refractivity contribution in [1.29, 1.82) is 5.26 Å². The molecule has 11 nitrogen and oxygen atoms in total. The Morgan fingerprint density at radius 2 is 1.83 bits per heavy atom. The molecular formula is C35H43ClN8O3. The second-order valence-corrected chi connectivity index (χ2v) is 14.0. The molecule has 0 radical (unpaired) electrons. The van der Waals surface area contributed by atoms with E-state index in [4.69, 9.17) is 26.3 Å². The summed E-state index contributed by atoms with van der Waals surface area (Å²) in [5, 5.41) is 22.1. The maximum atomic E-state index is 12.0. The molecule has 47 heavy (non-hydrogen) atoms. The van der Waals surface area contributed by atoms with Crippen LogP contribution in [0.2, 0.25) is 5.02 Å². The van der Waals surface area contributed by atoms with E-state index in [1.54, 1.807) is 0 Å². The van der Waals surface area contributed by atoms with Crippen LogP contribution in [0.5, 0.6) is 6.01 Å². The summed E-state index contributed by atoms with van der Waals surface area (Å²) >= 11 is 6.73. The van der Waals surface area contributed by atoms with E-state index >= 15 is 0 Å². The summed E-state index contributed by atoms with van der Waals surface area (Å²) in [6.07, 6.45) is 2.07. The first-order chi connectivity index (χ1) is 22.8. The Morgan fingerprint density at radius 3 is 2.53 bits per heavy atom. The Morgan fingerprint density at radius 1 is 1.06 bits per heavy atom. The maximum Gasteiger partial charge on any atom is 0.407 e. The fourth-order valence-electron chi connectivity index (χ4n) is 7.65. The smallest absolute Gasteiger partial charge is 0.407 e. The molecule has 1 aromatic heterocycles. The number of benzene rings is 2. The topological polar surface area (TPSA) is 112 Å². The molecule has 1 N–H and O–H groups in total. The molecular weight excluding hydrogens is 616 g/mol. The van der Waals surface area contributed by atoms with Crippen LogP contribution >= 0.6 is 11.6 Å². The first-order valence-corrected chi connectivity index (χ1v) is 17.2. The zero-order valence-corrected chi connectivity index (χ0v) is 28.0. The van der Waals surface area contributed by atoms with E-state index in [1.165, 1.54) is 4.90 Å². The average molecular weight is 659 g/mol. The predicted molar refractivity (Wildman–Crippen MR) is 182 cm³/mol. The number of fused-ring (bicyclic) bond motifs is 2. The van der Waals surface area contributed by atoms with Gasteiger partial charge in [-0.3, -0.25) is 9.80 Å². The minimum atomic E-state index is -0.994. The predicted octanol–water partition coefficient (Wildman–Crippen LogP) is 4.87. The summed E-state index contributed by atoms with van der Waals surface area (Å²) in [6.45, 7) is 11.8. The number of piperazine rings is 2. The first-order valence-electron chi connectivity index (χ1n) is 16.8. The number of nitriles is 1. The van der Waals surface area contributed by atoms with Crippen molar-refractivity contribution in [2.75, 3.05) is 68.8 Å². The van der Waals surface area contributed by atoms with Gasteiger partial charge in [0.05, 0.1) is 41.3 Å². The summed E-state index contributed by atoms with van der Waals surface area (Å²) < 4.78 is 6.52. The lowest BCUT2D eigenvalue weighted by Crippen LogP contribution is -2.55. The molecule has 4 heterocycles. The minimum Gasteiger partial charge on any atom is -0.465 e. The molecule has 1 aliphatic carbocycles. The number of ether oxygens (including phenoxy) is 1. The van der Waals surface area contributed by atoms with Gasteiger partial charge in [0.1, 0.15) is 12.4 Å². The van der Waals surface area contributed by atoms with Crippen LogP contribution < -0.4 is 14.5 Å². The van der Waals surface area contributed by atoms with Gasteiger partial charge in [0.15, 0.2) is 0 Å². The third-order valence-corrected chi connectivity index (χ3v) is 10.9. The fourth-order valence-corrected chi connectivity index (χ4v) is 7.93. The van der Waals surface area contributed by atoms with Crippen molar-refractivity contribution in [2.24, 2.45) is 0 Å². The molecule has 3 aliphatic heterocycles. The van der Waals surface area contributed by atoms with Crippen molar-refractivity contribution in [3.8, 4) is 12.1 Å².